The largest absolute Gasteiger partial charge is 0.465 e. The van der Waals surface area contributed by atoms with Gasteiger partial charge in [0.2, 0.25) is 5.91 Å². The molecule has 0 aromatic carbocycles. The van der Waals surface area contributed by atoms with E-state index in [-0.39, 0.29) is 41.7 Å². The SMILES string of the molecule is CCCS(=O)(=O)C(C)C(=O)N1CCN(S(=O)(=O)c2cc(C(=O)OC)cs2)CC1. The standard InChI is InChI=1S/C16H24N2O7S3/c1-4-9-27(21,22)12(2)15(19)17-5-7-18(8-6-17)28(23,24)14-10-13(11-26-14)16(20)25-3/h10-12H,4-9H2,1-3H3. The Hall–Kier alpha value is -1.50. The van der Waals surface area contributed by atoms with Gasteiger partial charge in [0.1, 0.15) is 9.46 Å². The van der Waals surface area contributed by atoms with Crippen LogP contribution in [0.15, 0.2) is 15.7 Å². The molecule has 1 fully saturated rings. The number of amides is 1. The fourth-order valence-corrected chi connectivity index (χ4v) is 6.93. The van der Waals surface area contributed by atoms with Crippen molar-refractivity contribution in [1.29, 1.82) is 0 Å². The Bertz CT molecular complexity index is 929. The first-order chi connectivity index (χ1) is 13.0. The zero-order chi connectivity index (χ0) is 21.1. The minimum atomic E-state index is -3.80. The van der Waals surface area contributed by atoms with Crippen LogP contribution in [0.4, 0.5) is 0 Å². The van der Waals surface area contributed by atoms with E-state index in [0.717, 1.165) is 11.3 Å². The van der Waals surface area contributed by atoms with Gasteiger partial charge in [0.25, 0.3) is 10.0 Å². The fraction of sp³-hybridized carbons (Fsp3) is 0.625. The lowest BCUT2D eigenvalue weighted by Crippen LogP contribution is -2.53. The Kier molecular flexibility index (Phi) is 7.23. The molecule has 2 rings (SSSR count). The number of rotatable bonds is 7. The second-order valence-corrected chi connectivity index (χ2v) is 11.9. The topological polar surface area (TPSA) is 118 Å². The van der Waals surface area contributed by atoms with E-state index in [0.29, 0.717) is 6.42 Å². The molecule has 1 saturated heterocycles. The molecule has 1 aliphatic rings. The van der Waals surface area contributed by atoms with Crippen molar-refractivity contribution >= 4 is 43.1 Å². The lowest BCUT2D eigenvalue weighted by atomic mass is 10.3. The monoisotopic (exact) mass is 452 g/mol. The summed E-state index contributed by atoms with van der Waals surface area (Å²) in [6.07, 6.45) is 0.431. The second kappa shape index (κ2) is 8.89. The predicted octanol–water partition coefficient (Wildman–Crippen LogP) is 0.581. The Balaban J connectivity index is 2.05. The molecule has 0 saturated carbocycles. The summed E-state index contributed by atoms with van der Waals surface area (Å²) in [4.78, 5) is 25.4. The number of thiophene rings is 1. The number of carbonyl (C=O) groups is 2. The number of ether oxygens (including phenoxy) is 1. The van der Waals surface area contributed by atoms with Gasteiger partial charge in [-0.05, 0) is 19.4 Å². The van der Waals surface area contributed by atoms with Crippen LogP contribution < -0.4 is 0 Å². The van der Waals surface area contributed by atoms with Crippen LogP contribution in [-0.4, -0.2) is 82.2 Å². The van der Waals surface area contributed by atoms with E-state index in [1.165, 1.54) is 34.7 Å². The third kappa shape index (κ3) is 4.73. The summed E-state index contributed by atoms with van der Waals surface area (Å²) in [6.45, 7) is 3.43. The molecule has 0 spiro atoms. The number of sulfonamides is 1. The van der Waals surface area contributed by atoms with Gasteiger partial charge in [0, 0.05) is 31.6 Å². The molecule has 1 aromatic heterocycles. The van der Waals surface area contributed by atoms with Crippen LogP contribution in [0, 0.1) is 0 Å². The minimum Gasteiger partial charge on any atom is -0.465 e. The summed E-state index contributed by atoms with van der Waals surface area (Å²) in [6, 6.07) is 1.27. The summed E-state index contributed by atoms with van der Waals surface area (Å²) in [5.41, 5.74) is 0.162. The molecule has 1 atom stereocenters. The smallest absolute Gasteiger partial charge is 0.338 e. The van der Waals surface area contributed by atoms with Gasteiger partial charge < -0.3 is 9.64 Å². The van der Waals surface area contributed by atoms with E-state index in [1.54, 1.807) is 6.92 Å². The third-order valence-electron chi connectivity index (χ3n) is 4.52. The Morgan fingerprint density at radius 2 is 1.79 bits per heavy atom. The van der Waals surface area contributed by atoms with Gasteiger partial charge in [-0.1, -0.05) is 6.92 Å². The summed E-state index contributed by atoms with van der Waals surface area (Å²) in [7, 11) is -6.10. The molecule has 1 amide bonds. The highest BCUT2D eigenvalue weighted by Gasteiger charge is 2.35. The van der Waals surface area contributed by atoms with Crippen molar-refractivity contribution < 1.29 is 31.2 Å². The van der Waals surface area contributed by atoms with Gasteiger partial charge in [0.15, 0.2) is 9.84 Å². The number of hydrogen-bond donors (Lipinski definition) is 0. The van der Waals surface area contributed by atoms with Gasteiger partial charge in [-0.15, -0.1) is 11.3 Å². The number of sulfone groups is 1. The van der Waals surface area contributed by atoms with Crippen LogP contribution in [-0.2, 0) is 29.4 Å². The molecule has 28 heavy (non-hydrogen) atoms. The van der Waals surface area contributed by atoms with Crippen molar-refractivity contribution in [2.45, 2.75) is 29.7 Å². The van der Waals surface area contributed by atoms with Crippen LogP contribution >= 0.6 is 11.3 Å². The molecular formula is C16H24N2O7S3. The summed E-state index contributed by atoms with van der Waals surface area (Å²) < 4.78 is 55.6. The van der Waals surface area contributed by atoms with Crippen LogP contribution in [0.2, 0.25) is 0 Å². The maximum atomic E-state index is 12.8. The Morgan fingerprint density at radius 3 is 2.32 bits per heavy atom. The van der Waals surface area contributed by atoms with E-state index < -0.39 is 37.0 Å². The fourth-order valence-electron chi connectivity index (χ4n) is 2.82. The lowest BCUT2D eigenvalue weighted by molar-refractivity contribution is -0.131. The Labute approximate surface area is 169 Å². The van der Waals surface area contributed by atoms with Crippen molar-refractivity contribution in [2.24, 2.45) is 0 Å². The normalized spacial score (nSPS) is 17.3. The van der Waals surface area contributed by atoms with Crippen LogP contribution in [0.5, 0.6) is 0 Å². The van der Waals surface area contributed by atoms with Crippen LogP contribution in [0.25, 0.3) is 0 Å². The highest BCUT2D eigenvalue weighted by atomic mass is 32.2. The van der Waals surface area contributed by atoms with Gasteiger partial charge in [-0.25, -0.2) is 21.6 Å². The summed E-state index contributed by atoms with van der Waals surface area (Å²) >= 11 is 0.924. The highest BCUT2D eigenvalue weighted by molar-refractivity contribution is 7.92. The minimum absolute atomic E-state index is 0.0200. The predicted molar refractivity (Wildman–Crippen MR) is 105 cm³/mol. The average Bonchev–Trinajstić information content (AvgIpc) is 3.17. The van der Waals surface area contributed by atoms with Crippen molar-refractivity contribution in [1.82, 2.24) is 9.21 Å². The van der Waals surface area contributed by atoms with Crippen LogP contribution in [0.1, 0.15) is 30.6 Å². The van der Waals surface area contributed by atoms with E-state index in [1.807, 2.05) is 0 Å². The number of piperazine rings is 1. The molecule has 9 nitrogen and oxygen atoms in total. The number of hydrogen-bond acceptors (Lipinski definition) is 8. The first kappa shape index (κ1) is 22.8. The zero-order valence-electron chi connectivity index (χ0n) is 16.0. The number of methoxy groups -OCH3 is 1. The van der Waals surface area contributed by atoms with Gasteiger partial charge >= 0.3 is 5.97 Å². The molecule has 0 N–H and O–H groups in total. The molecule has 0 aliphatic carbocycles. The van der Waals surface area contributed by atoms with E-state index in [2.05, 4.69) is 4.74 Å². The van der Waals surface area contributed by atoms with E-state index in [4.69, 9.17) is 0 Å². The van der Waals surface area contributed by atoms with Gasteiger partial charge in [-0.2, -0.15) is 4.31 Å². The quantitative estimate of drug-likeness (QED) is 0.555. The van der Waals surface area contributed by atoms with Crippen LogP contribution in [0.3, 0.4) is 0 Å². The maximum absolute atomic E-state index is 12.8. The average molecular weight is 453 g/mol. The molecule has 0 radical (unpaired) electrons. The molecule has 2 heterocycles. The number of nitrogens with zero attached hydrogens (tertiary/aromatic N) is 2. The highest BCUT2D eigenvalue weighted by Crippen LogP contribution is 2.25. The Morgan fingerprint density at radius 1 is 1.18 bits per heavy atom. The zero-order valence-corrected chi connectivity index (χ0v) is 18.4. The first-order valence-electron chi connectivity index (χ1n) is 8.72. The third-order valence-corrected chi connectivity index (χ3v) is 10.1. The van der Waals surface area contributed by atoms with Crippen molar-refractivity contribution in [3.05, 3.63) is 17.0 Å². The summed E-state index contributed by atoms with van der Waals surface area (Å²) in [5, 5.41) is 0.272. The molecule has 1 aromatic rings. The first-order valence-corrected chi connectivity index (χ1v) is 12.8. The molecule has 12 heteroatoms. The molecular weight excluding hydrogens is 428 g/mol. The second-order valence-electron chi connectivity index (χ2n) is 6.38. The molecule has 1 unspecified atom stereocenters. The van der Waals surface area contributed by atoms with Crippen molar-refractivity contribution in [3.8, 4) is 0 Å². The summed E-state index contributed by atoms with van der Waals surface area (Å²) in [5.74, 6) is -1.18. The van der Waals surface area contributed by atoms with Crippen molar-refractivity contribution in [2.75, 3.05) is 39.0 Å². The molecule has 1 aliphatic heterocycles. The van der Waals surface area contributed by atoms with Gasteiger partial charge in [-0.3, -0.25) is 4.79 Å². The number of carbonyl (C=O) groups excluding carboxylic acids is 2. The van der Waals surface area contributed by atoms with Crippen molar-refractivity contribution in [3.63, 3.8) is 0 Å². The lowest BCUT2D eigenvalue weighted by Gasteiger charge is -2.34. The van der Waals surface area contributed by atoms with Gasteiger partial charge in [0.05, 0.1) is 18.4 Å². The number of esters is 1. The maximum Gasteiger partial charge on any atom is 0.338 e. The van der Waals surface area contributed by atoms with E-state index >= 15 is 0 Å². The molecule has 158 valence electrons. The molecule has 0 bridgehead atoms. The van der Waals surface area contributed by atoms with E-state index in [9.17, 15) is 26.4 Å².